The molecule has 10 heteroatoms. The van der Waals surface area contributed by atoms with Crippen molar-refractivity contribution < 1.29 is 27.9 Å². The van der Waals surface area contributed by atoms with Crippen molar-refractivity contribution in [2.45, 2.75) is 77.0 Å². The van der Waals surface area contributed by atoms with Crippen molar-refractivity contribution in [3.63, 3.8) is 0 Å². The molecule has 1 aromatic carbocycles. The van der Waals surface area contributed by atoms with E-state index in [4.69, 9.17) is 9.15 Å². The molecule has 2 aliphatic heterocycles. The average Bonchev–Trinajstić information content (AvgIpc) is 3.72. The standard InChI is InChI=1S/C33H41FN4O5/c1-33(2,3)43-32(41)38-25-9-8-24(18-25)30(38)27(39)10-5-21(20-35)17-22-6-7-23(19-26(22)34)28-11-12-29(42-28)31(40)37-15-13-36(4)14-16-37/h6-7,11-12,19,21,24-25,30H,5,8-10,13-18H2,1-4H3/t21-,24-,25+,30-/m0/s1. The second-order valence-corrected chi connectivity index (χ2v) is 13.2. The van der Waals surface area contributed by atoms with E-state index in [1.807, 2.05) is 27.8 Å². The molecule has 0 spiro atoms. The number of ether oxygens (including phenoxy) is 1. The van der Waals surface area contributed by atoms with Crippen LogP contribution in [0.25, 0.3) is 11.3 Å². The lowest BCUT2D eigenvalue weighted by atomic mass is 9.89. The molecule has 0 unspecified atom stereocenters. The van der Waals surface area contributed by atoms with Crippen LogP contribution in [-0.2, 0) is 16.0 Å². The van der Waals surface area contributed by atoms with Crippen molar-refractivity contribution in [1.82, 2.24) is 14.7 Å². The van der Waals surface area contributed by atoms with Crippen molar-refractivity contribution >= 4 is 17.8 Å². The summed E-state index contributed by atoms with van der Waals surface area (Å²) < 4.78 is 26.6. The maximum absolute atomic E-state index is 15.2. The van der Waals surface area contributed by atoms with E-state index in [1.54, 1.807) is 34.1 Å². The third-order valence-electron chi connectivity index (χ3n) is 8.85. The first-order valence-corrected chi connectivity index (χ1v) is 15.2. The lowest BCUT2D eigenvalue weighted by molar-refractivity contribution is -0.126. The van der Waals surface area contributed by atoms with Gasteiger partial charge in [-0.05, 0) is 89.6 Å². The number of rotatable bonds is 8. The summed E-state index contributed by atoms with van der Waals surface area (Å²) in [6, 6.07) is 9.70. The molecule has 2 bridgehead atoms. The Morgan fingerprint density at radius 2 is 1.86 bits per heavy atom. The summed E-state index contributed by atoms with van der Waals surface area (Å²) in [4.78, 5) is 44.6. The molecule has 5 rings (SSSR count). The number of amides is 2. The summed E-state index contributed by atoms with van der Waals surface area (Å²) >= 11 is 0. The zero-order valence-corrected chi connectivity index (χ0v) is 25.5. The van der Waals surface area contributed by atoms with Crippen LogP contribution in [-0.4, -0.2) is 83.4 Å². The first kappa shape index (κ1) is 30.7. The quantitative estimate of drug-likeness (QED) is 0.410. The molecule has 0 radical (unpaired) electrons. The fourth-order valence-electron chi connectivity index (χ4n) is 6.56. The monoisotopic (exact) mass is 592 g/mol. The Kier molecular flexibility index (Phi) is 8.93. The summed E-state index contributed by atoms with van der Waals surface area (Å²) in [7, 11) is 2.02. The number of furan rings is 1. The Morgan fingerprint density at radius 3 is 2.53 bits per heavy atom. The average molecular weight is 593 g/mol. The Balaban J connectivity index is 1.19. The minimum absolute atomic E-state index is 0.0170. The van der Waals surface area contributed by atoms with Gasteiger partial charge in [0.15, 0.2) is 11.5 Å². The van der Waals surface area contributed by atoms with Crippen molar-refractivity contribution in [1.29, 1.82) is 5.26 Å². The smallest absolute Gasteiger partial charge is 0.411 e. The van der Waals surface area contributed by atoms with Crippen LogP contribution in [0.3, 0.4) is 0 Å². The largest absolute Gasteiger partial charge is 0.451 e. The molecule has 3 aliphatic rings. The fourth-order valence-corrected chi connectivity index (χ4v) is 6.56. The normalized spacial score (nSPS) is 22.8. The van der Waals surface area contributed by atoms with Gasteiger partial charge in [-0.2, -0.15) is 5.26 Å². The second kappa shape index (κ2) is 12.5. The third-order valence-corrected chi connectivity index (χ3v) is 8.85. The molecular formula is C33H41FN4O5. The van der Waals surface area contributed by atoms with E-state index in [0.29, 0.717) is 30.0 Å². The van der Waals surface area contributed by atoms with Crippen LogP contribution in [0, 0.1) is 29.0 Å². The minimum atomic E-state index is -0.653. The van der Waals surface area contributed by atoms with E-state index in [9.17, 15) is 19.6 Å². The predicted molar refractivity (Wildman–Crippen MR) is 158 cm³/mol. The Labute approximate surface area is 252 Å². The van der Waals surface area contributed by atoms with Gasteiger partial charge in [0, 0.05) is 44.2 Å². The molecule has 1 aromatic heterocycles. The topological polar surface area (TPSA) is 107 Å². The number of halogens is 1. The van der Waals surface area contributed by atoms with Crippen molar-refractivity contribution in [2.24, 2.45) is 11.8 Å². The van der Waals surface area contributed by atoms with E-state index >= 15 is 4.39 Å². The molecule has 3 heterocycles. The van der Waals surface area contributed by atoms with E-state index in [2.05, 4.69) is 11.0 Å². The van der Waals surface area contributed by atoms with Gasteiger partial charge in [-0.3, -0.25) is 14.5 Å². The van der Waals surface area contributed by atoms with Crippen LogP contribution in [0.1, 0.15) is 69.0 Å². The molecule has 230 valence electrons. The molecule has 43 heavy (non-hydrogen) atoms. The van der Waals surface area contributed by atoms with Crippen LogP contribution < -0.4 is 0 Å². The number of likely N-dealkylation sites (tertiary alicyclic amines) is 1. The molecule has 1 aliphatic carbocycles. The van der Waals surface area contributed by atoms with Gasteiger partial charge in [0.25, 0.3) is 5.91 Å². The van der Waals surface area contributed by atoms with Crippen molar-refractivity contribution in [3.05, 3.63) is 47.5 Å². The Bertz CT molecular complexity index is 1400. The summed E-state index contributed by atoms with van der Waals surface area (Å²) in [5.74, 6) is -0.540. The first-order chi connectivity index (χ1) is 20.4. The zero-order valence-electron chi connectivity index (χ0n) is 25.5. The minimum Gasteiger partial charge on any atom is -0.451 e. The van der Waals surface area contributed by atoms with Gasteiger partial charge >= 0.3 is 6.09 Å². The second-order valence-electron chi connectivity index (χ2n) is 13.2. The molecule has 1 saturated carbocycles. The number of likely N-dealkylation sites (N-methyl/N-ethyl adjacent to an activating group) is 1. The van der Waals surface area contributed by atoms with Gasteiger partial charge in [-0.15, -0.1) is 0 Å². The number of hydrogen-bond donors (Lipinski definition) is 0. The summed E-state index contributed by atoms with van der Waals surface area (Å²) in [6.07, 6.45) is 2.70. The predicted octanol–water partition coefficient (Wildman–Crippen LogP) is 5.29. The first-order valence-electron chi connectivity index (χ1n) is 15.2. The fraction of sp³-hybridized carbons (Fsp3) is 0.576. The Hall–Kier alpha value is -3.71. The lowest BCUT2D eigenvalue weighted by Gasteiger charge is -2.35. The van der Waals surface area contributed by atoms with Crippen LogP contribution in [0.5, 0.6) is 0 Å². The maximum Gasteiger partial charge on any atom is 0.411 e. The number of carbonyl (C=O) groups excluding carboxylic acids is 3. The number of ketones is 1. The van der Waals surface area contributed by atoms with Gasteiger partial charge < -0.3 is 19.0 Å². The van der Waals surface area contributed by atoms with Crippen LogP contribution in [0.4, 0.5) is 9.18 Å². The van der Waals surface area contributed by atoms with Crippen LogP contribution >= 0.6 is 0 Å². The number of nitriles is 1. The summed E-state index contributed by atoms with van der Waals surface area (Å²) in [5, 5.41) is 9.82. The molecule has 2 aromatic rings. The van der Waals surface area contributed by atoms with Crippen LogP contribution in [0.2, 0.25) is 0 Å². The highest BCUT2D eigenvalue weighted by Crippen LogP contribution is 2.44. The van der Waals surface area contributed by atoms with Crippen molar-refractivity contribution in [2.75, 3.05) is 33.2 Å². The van der Waals surface area contributed by atoms with Gasteiger partial charge in [0.05, 0.1) is 18.0 Å². The van der Waals surface area contributed by atoms with Crippen LogP contribution in [0.15, 0.2) is 34.7 Å². The highest BCUT2D eigenvalue weighted by Gasteiger charge is 2.52. The van der Waals surface area contributed by atoms with E-state index in [-0.39, 0.29) is 48.7 Å². The number of benzene rings is 1. The number of carbonyl (C=O) groups is 3. The molecule has 2 amide bonds. The van der Waals surface area contributed by atoms with Gasteiger partial charge in [-0.1, -0.05) is 12.1 Å². The molecule has 3 fully saturated rings. The van der Waals surface area contributed by atoms with Gasteiger partial charge in [-0.25, -0.2) is 9.18 Å². The molecule has 9 nitrogen and oxygen atoms in total. The number of hydrogen-bond acceptors (Lipinski definition) is 7. The molecule has 2 saturated heterocycles. The highest BCUT2D eigenvalue weighted by atomic mass is 19.1. The lowest BCUT2D eigenvalue weighted by Crippen LogP contribution is -2.50. The maximum atomic E-state index is 15.2. The number of piperazine rings is 1. The SMILES string of the molecule is CN1CCN(C(=O)c2ccc(-c3ccc(C[C@@H](C#N)CCC(=O)[C@@H]4[C@H]5CC[C@H](C5)N4C(=O)OC(C)(C)C)c(F)c3)o2)CC1. The summed E-state index contributed by atoms with van der Waals surface area (Å²) in [5.41, 5.74) is 0.221. The van der Waals surface area contributed by atoms with E-state index in [0.717, 1.165) is 32.4 Å². The van der Waals surface area contributed by atoms with Gasteiger partial charge in [0.1, 0.15) is 17.2 Å². The Morgan fingerprint density at radius 1 is 1.12 bits per heavy atom. The number of piperidine rings is 1. The van der Waals surface area contributed by atoms with Crippen molar-refractivity contribution in [3.8, 4) is 17.4 Å². The highest BCUT2D eigenvalue weighted by molar-refractivity contribution is 5.92. The zero-order chi connectivity index (χ0) is 30.9. The van der Waals surface area contributed by atoms with E-state index in [1.165, 1.54) is 6.07 Å². The third kappa shape index (κ3) is 6.93. The summed E-state index contributed by atoms with van der Waals surface area (Å²) in [6.45, 7) is 8.28. The van der Waals surface area contributed by atoms with E-state index < -0.39 is 29.5 Å². The molecular weight excluding hydrogens is 551 g/mol. The van der Waals surface area contributed by atoms with Gasteiger partial charge in [0.2, 0.25) is 0 Å². The number of fused-ring (bicyclic) bond motifs is 2. The molecule has 4 atom stereocenters. The number of Topliss-reactive ketones (excluding diaryl/α,β-unsaturated/α-hetero) is 1. The number of nitrogens with zero attached hydrogens (tertiary/aromatic N) is 4. The molecule has 0 N–H and O–H groups in total.